The average molecular weight is 289 g/mol. The molecule has 0 aromatic carbocycles. The standard InChI is InChI=1S/C16H27N5/c1-2-13(1)10-20(11-14-3-4-14)7-8-21-12-16(18-19-21)9-17-15-5-6-15/h12-15,17H,1-11H2. The Kier molecular flexibility index (Phi) is 3.95. The van der Waals surface area contributed by atoms with E-state index in [1.54, 1.807) is 0 Å². The molecule has 4 rings (SSSR count). The second kappa shape index (κ2) is 6.05. The van der Waals surface area contributed by atoms with Gasteiger partial charge >= 0.3 is 0 Å². The summed E-state index contributed by atoms with van der Waals surface area (Å²) in [5, 5.41) is 12.0. The van der Waals surface area contributed by atoms with Crippen molar-refractivity contribution in [1.29, 1.82) is 0 Å². The highest BCUT2D eigenvalue weighted by Crippen LogP contribution is 2.33. The molecule has 1 aromatic heterocycles. The van der Waals surface area contributed by atoms with Gasteiger partial charge in [0, 0.05) is 38.4 Å². The Morgan fingerprint density at radius 2 is 1.81 bits per heavy atom. The highest BCUT2D eigenvalue weighted by Gasteiger charge is 2.29. The van der Waals surface area contributed by atoms with Gasteiger partial charge in [0.1, 0.15) is 0 Å². The van der Waals surface area contributed by atoms with Crippen molar-refractivity contribution >= 4 is 0 Å². The molecule has 0 unspecified atom stereocenters. The van der Waals surface area contributed by atoms with Gasteiger partial charge in [-0.05, 0) is 50.4 Å². The van der Waals surface area contributed by atoms with E-state index in [0.29, 0.717) is 0 Å². The molecule has 0 spiro atoms. The molecule has 116 valence electrons. The number of hydrogen-bond acceptors (Lipinski definition) is 4. The molecule has 0 aliphatic heterocycles. The summed E-state index contributed by atoms with van der Waals surface area (Å²) in [5.74, 6) is 1.97. The first-order chi connectivity index (χ1) is 10.3. The van der Waals surface area contributed by atoms with Crippen molar-refractivity contribution in [2.75, 3.05) is 19.6 Å². The van der Waals surface area contributed by atoms with Crippen molar-refractivity contribution in [3.8, 4) is 0 Å². The molecule has 5 nitrogen and oxygen atoms in total. The maximum atomic E-state index is 4.28. The summed E-state index contributed by atoms with van der Waals surface area (Å²) in [6.07, 6.45) is 10.5. The first-order valence-corrected chi connectivity index (χ1v) is 8.70. The van der Waals surface area contributed by atoms with Gasteiger partial charge in [-0.15, -0.1) is 5.10 Å². The van der Waals surface area contributed by atoms with Crippen molar-refractivity contribution in [1.82, 2.24) is 25.2 Å². The molecular formula is C16H27N5. The SMILES string of the molecule is c1c(CNC2CC2)nnn1CCN(CC1CC1)CC1CC1. The predicted octanol–water partition coefficient (Wildman–Crippen LogP) is 1.65. The van der Waals surface area contributed by atoms with E-state index in [0.717, 1.165) is 43.2 Å². The average Bonchev–Trinajstić information content (AvgIpc) is 3.30. The van der Waals surface area contributed by atoms with Gasteiger partial charge in [-0.2, -0.15) is 0 Å². The fraction of sp³-hybridized carbons (Fsp3) is 0.875. The topological polar surface area (TPSA) is 46.0 Å². The van der Waals surface area contributed by atoms with Crippen molar-refractivity contribution in [2.24, 2.45) is 11.8 Å². The van der Waals surface area contributed by atoms with Gasteiger partial charge < -0.3 is 10.2 Å². The summed E-state index contributed by atoms with van der Waals surface area (Å²) in [7, 11) is 0. The zero-order chi connectivity index (χ0) is 14.1. The Labute approximate surface area is 127 Å². The smallest absolute Gasteiger partial charge is 0.0964 e. The molecule has 0 amide bonds. The van der Waals surface area contributed by atoms with E-state index >= 15 is 0 Å². The van der Waals surface area contributed by atoms with Crippen LogP contribution in [0.5, 0.6) is 0 Å². The molecule has 3 aliphatic rings. The van der Waals surface area contributed by atoms with E-state index in [2.05, 4.69) is 26.7 Å². The van der Waals surface area contributed by atoms with E-state index in [1.165, 1.54) is 51.6 Å². The van der Waals surface area contributed by atoms with Gasteiger partial charge in [0.25, 0.3) is 0 Å². The van der Waals surface area contributed by atoms with E-state index in [9.17, 15) is 0 Å². The highest BCUT2D eigenvalue weighted by molar-refractivity contribution is 4.94. The molecule has 0 saturated heterocycles. The monoisotopic (exact) mass is 289 g/mol. The molecule has 21 heavy (non-hydrogen) atoms. The van der Waals surface area contributed by atoms with Crippen LogP contribution in [-0.2, 0) is 13.1 Å². The zero-order valence-corrected chi connectivity index (χ0v) is 12.9. The Bertz CT molecular complexity index is 445. The molecule has 3 aliphatic carbocycles. The largest absolute Gasteiger partial charge is 0.308 e. The van der Waals surface area contributed by atoms with E-state index in [-0.39, 0.29) is 0 Å². The molecule has 5 heteroatoms. The van der Waals surface area contributed by atoms with E-state index < -0.39 is 0 Å². The fourth-order valence-electron chi connectivity index (χ4n) is 2.90. The lowest BCUT2D eigenvalue weighted by Crippen LogP contribution is -2.31. The summed E-state index contributed by atoms with van der Waals surface area (Å²) in [6.45, 7) is 5.60. The number of hydrogen-bond donors (Lipinski definition) is 1. The van der Waals surface area contributed by atoms with Gasteiger partial charge in [0.15, 0.2) is 0 Å². The predicted molar refractivity (Wildman–Crippen MR) is 81.8 cm³/mol. The third-order valence-corrected chi connectivity index (χ3v) is 4.81. The normalized spacial score (nSPS) is 22.1. The molecule has 1 aromatic rings. The number of nitrogens with zero attached hydrogens (tertiary/aromatic N) is 4. The van der Waals surface area contributed by atoms with Crippen LogP contribution in [0.4, 0.5) is 0 Å². The maximum absolute atomic E-state index is 4.28. The lowest BCUT2D eigenvalue weighted by Gasteiger charge is -2.21. The van der Waals surface area contributed by atoms with Crippen LogP contribution >= 0.6 is 0 Å². The second-order valence-corrected chi connectivity index (χ2v) is 7.27. The quantitative estimate of drug-likeness (QED) is 0.711. The van der Waals surface area contributed by atoms with Gasteiger partial charge in [0.2, 0.25) is 0 Å². The van der Waals surface area contributed by atoms with E-state index in [1.807, 2.05) is 4.68 Å². The molecule has 1 N–H and O–H groups in total. The third-order valence-electron chi connectivity index (χ3n) is 4.81. The van der Waals surface area contributed by atoms with Gasteiger partial charge in [-0.25, -0.2) is 0 Å². The van der Waals surface area contributed by atoms with Gasteiger partial charge in [-0.1, -0.05) is 5.21 Å². The van der Waals surface area contributed by atoms with Gasteiger partial charge in [0.05, 0.1) is 12.2 Å². The highest BCUT2D eigenvalue weighted by atomic mass is 15.4. The Balaban J connectivity index is 1.23. The molecule has 3 fully saturated rings. The van der Waals surface area contributed by atoms with Crippen LogP contribution in [0.3, 0.4) is 0 Å². The van der Waals surface area contributed by atoms with Crippen LogP contribution in [0.25, 0.3) is 0 Å². The Morgan fingerprint density at radius 1 is 1.10 bits per heavy atom. The van der Waals surface area contributed by atoms with Crippen LogP contribution in [0, 0.1) is 11.8 Å². The molecule has 0 atom stereocenters. The Morgan fingerprint density at radius 3 is 2.43 bits per heavy atom. The summed E-state index contributed by atoms with van der Waals surface area (Å²) < 4.78 is 2.02. The lowest BCUT2D eigenvalue weighted by molar-refractivity contribution is 0.238. The minimum atomic E-state index is 0.739. The summed E-state index contributed by atoms with van der Waals surface area (Å²) in [5.41, 5.74) is 1.08. The Hall–Kier alpha value is -0.940. The first-order valence-electron chi connectivity index (χ1n) is 8.70. The summed E-state index contributed by atoms with van der Waals surface area (Å²) in [4.78, 5) is 2.67. The van der Waals surface area contributed by atoms with Crippen LogP contribution < -0.4 is 5.32 Å². The van der Waals surface area contributed by atoms with Crippen molar-refractivity contribution in [3.63, 3.8) is 0 Å². The molecule has 0 bridgehead atoms. The van der Waals surface area contributed by atoms with Gasteiger partial charge in [-0.3, -0.25) is 4.68 Å². The minimum absolute atomic E-state index is 0.739. The summed E-state index contributed by atoms with van der Waals surface area (Å²) in [6, 6.07) is 0.739. The van der Waals surface area contributed by atoms with Crippen LogP contribution in [0.15, 0.2) is 6.20 Å². The minimum Gasteiger partial charge on any atom is -0.308 e. The molecular weight excluding hydrogens is 262 g/mol. The number of aromatic nitrogens is 3. The lowest BCUT2D eigenvalue weighted by atomic mass is 10.3. The molecule has 0 radical (unpaired) electrons. The number of nitrogens with one attached hydrogen (secondary N) is 1. The van der Waals surface area contributed by atoms with Crippen molar-refractivity contribution in [3.05, 3.63) is 11.9 Å². The van der Waals surface area contributed by atoms with Crippen molar-refractivity contribution in [2.45, 2.75) is 57.7 Å². The third kappa shape index (κ3) is 4.51. The second-order valence-electron chi connectivity index (χ2n) is 7.27. The molecule has 3 saturated carbocycles. The van der Waals surface area contributed by atoms with Crippen LogP contribution in [0.2, 0.25) is 0 Å². The van der Waals surface area contributed by atoms with E-state index in [4.69, 9.17) is 0 Å². The van der Waals surface area contributed by atoms with Crippen LogP contribution in [-0.4, -0.2) is 45.6 Å². The molecule has 1 heterocycles. The van der Waals surface area contributed by atoms with Crippen LogP contribution in [0.1, 0.15) is 44.2 Å². The number of rotatable bonds is 10. The fourth-order valence-corrected chi connectivity index (χ4v) is 2.90. The summed E-state index contributed by atoms with van der Waals surface area (Å²) >= 11 is 0. The first kappa shape index (κ1) is 13.7. The zero-order valence-electron chi connectivity index (χ0n) is 12.9. The van der Waals surface area contributed by atoms with Crippen molar-refractivity contribution < 1.29 is 0 Å². The maximum Gasteiger partial charge on any atom is 0.0964 e.